The van der Waals surface area contributed by atoms with Gasteiger partial charge in [-0.15, -0.1) is 0 Å². The van der Waals surface area contributed by atoms with Crippen LogP contribution in [0.5, 0.6) is 11.5 Å². The summed E-state index contributed by atoms with van der Waals surface area (Å²) >= 11 is 0. The van der Waals surface area contributed by atoms with Crippen LogP contribution in [0.2, 0.25) is 0 Å². The minimum Gasteiger partial charge on any atom is -0.454 e. The third-order valence-electron chi connectivity index (χ3n) is 5.27. The zero-order valence-corrected chi connectivity index (χ0v) is 15.8. The Labute approximate surface area is 162 Å². The molecule has 28 heavy (non-hydrogen) atoms. The number of nitrogens with zero attached hydrogens (tertiary/aromatic N) is 4. The summed E-state index contributed by atoms with van der Waals surface area (Å²) in [4.78, 5) is 40.6. The van der Waals surface area contributed by atoms with Crippen molar-refractivity contribution in [3.63, 3.8) is 0 Å². The number of ether oxygens (including phenoxy) is 2. The van der Waals surface area contributed by atoms with E-state index < -0.39 is 12.2 Å². The van der Waals surface area contributed by atoms with Gasteiger partial charge in [0.2, 0.25) is 25.0 Å². The first kappa shape index (κ1) is 18.3. The van der Waals surface area contributed by atoms with Crippen LogP contribution in [0.15, 0.2) is 30.4 Å². The van der Waals surface area contributed by atoms with Crippen LogP contribution in [-0.2, 0) is 20.9 Å². The molecule has 9 nitrogen and oxygen atoms in total. The van der Waals surface area contributed by atoms with Crippen molar-refractivity contribution >= 4 is 18.2 Å². The summed E-state index contributed by atoms with van der Waals surface area (Å²) in [6, 6.07) is 4.73. The van der Waals surface area contributed by atoms with Gasteiger partial charge in [0.05, 0.1) is 13.1 Å². The number of carbonyl (C=O) groups is 3. The van der Waals surface area contributed by atoms with Crippen LogP contribution in [0, 0.1) is 0 Å². The standard InChI is InChI=1S/C19H22N4O5/c1-12(2)18-19(26)21(7-13-4-5-14-15(6-13)28-11-27-14)8-16-22(10-24)20(3)9-17(25)23(16)18/h4-6,10,16,18H,1,7-9,11H2,2-3H3/t16?,18-/m0/s1. The zero-order valence-electron chi connectivity index (χ0n) is 15.8. The summed E-state index contributed by atoms with van der Waals surface area (Å²) in [5.41, 5.74) is 1.44. The zero-order chi connectivity index (χ0) is 20.0. The first-order valence-electron chi connectivity index (χ1n) is 8.99. The van der Waals surface area contributed by atoms with Crippen LogP contribution in [0.1, 0.15) is 12.5 Å². The third kappa shape index (κ3) is 2.88. The van der Waals surface area contributed by atoms with Gasteiger partial charge >= 0.3 is 0 Å². The fraction of sp³-hybridized carbons (Fsp3) is 0.421. The number of amides is 3. The summed E-state index contributed by atoms with van der Waals surface area (Å²) in [7, 11) is 1.68. The van der Waals surface area contributed by atoms with E-state index >= 15 is 0 Å². The van der Waals surface area contributed by atoms with E-state index in [1.165, 1.54) is 9.91 Å². The molecule has 9 heteroatoms. The molecule has 0 saturated carbocycles. The van der Waals surface area contributed by atoms with E-state index in [-0.39, 0.29) is 31.7 Å². The van der Waals surface area contributed by atoms with Crippen molar-refractivity contribution in [2.24, 2.45) is 0 Å². The Morgan fingerprint density at radius 1 is 1.29 bits per heavy atom. The van der Waals surface area contributed by atoms with Gasteiger partial charge in [-0.05, 0) is 30.2 Å². The van der Waals surface area contributed by atoms with E-state index in [2.05, 4.69) is 6.58 Å². The number of fused-ring (bicyclic) bond motifs is 2. The molecule has 0 aliphatic carbocycles. The molecular formula is C19H22N4O5. The highest BCUT2D eigenvalue weighted by Crippen LogP contribution is 2.34. The molecule has 1 unspecified atom stereocenters. The second-order valence-corrected chi connectivity index (χ2v) is 7.24. The summed E-state index contributed by atoms with van der Waals surface area (Å²) < 4.78 is 10.7. The monoisotopic (exact) mass is 386 g/mol. The number of hydrazine groups is 1. The minimum atomic E-state index is -0.795. The third-order valence-corrected chi connectivity index (χ3v) is 5.27. The molecule has 1 aromatic carbocycles. The van der Waals surface area contributed by atoms with Crippen LogP contribution in [0.3, 0.4) is 0 Å². The minimum absolute atomic E-state index is 0.0362. The number of piperazine rings is 1. The van der Waals surface area contributed by atoms with Crippen LogP contribution in [-0.4, -0.2) is 77.2 Å². The molecule has 2 atom stereocenters. The largest absolute Gasteiger partial charge is 0.454 e. The predicted molar refractivity (Wildman–Crippen MR) is 97.8 cm³/mol. The van der Waals surface area contributed by atoms with Crippen molar-refractivity contribution in [2.45, 2.75) is 25.7 Å². The highest BCUT2D eigenvalue weighted by Gasteiger charge is 2.49. The summed E-state index contributed by atoms with van der Waals surface area (Å²) in [6.07, 6.45) is 0.117. The predicted octanol–water partition coefficient (Wildman–Crippen LogP) is 0.176. The van der Waals surface area contributed by atoms with Crippen molar-refractivity contribution in [3.8, 4) is 11.5 Å². The van der Waals surface area contributed by atoms with Crippen molar-refractivity contribution in [2.75, 3.05) is 26.9 Å². The van der Waals surface area contributed by atoms with Crippen molar-refractivity contribution < 1.29 is 23.9 Å². The molecular weight excluding hydrogens is 364 g/mol. The Morgan fingerprint density at radius 3 is 2.75 bits per heavy atom. The molecule has 0 aromatic heterocycles. The molecule has 2 fully saturated rings. The molecule has 3 aliphatic heterocycles. The lowest BCUT2D eigenvalue weighted by Gasteiger charge is -2.53. The van der Waals surface area contributed by atoms with E-state index in [9.17, 15) is 14.4 Å². The van der Waals surface area contributed by atoms with Crippen LogP contribution >= 0.6 is 0 Å². The van der Waals surface area contributed by atoms with E-state index in [0.29, 0.717) is 30.0 Å². The Morgan fingerprint density at radius 2 is 2.04 bits per heavy atom. The molecule has 0 spiro atoms. The Balaban J connectivity index is 1.65. The summed E-state index contributed by atoms with van der Waals surface area (Å²) in [6.45, 7) is 6.40. The van der Waals surface area contributed by atoms with Crippen LogP contribution < -0.4 is 9.47 Å². The van der Waals surface area contributed by atoms with E-state index in [1.54, 1.807) is 23.9 Å². The molecule has 3 aliphatic rings. The lowest BCUT2D eigenvalue weighted by molar-refractivity contribution is -0.194. The van der Waals surface area contributed by atoms with Gasteiger partial charge in [0.25, 0.3) is 0 Å². The second-order valence-electron chi connectivity index (χ2n) is 7.24. The average molecular weight is 386 g/mol. The number of rotatable bonds is 4. The second kappa shape index (κ2) is 6.83. The van der Waals surface area contributed by atoms with E-state index in [1.807, 2.05) is 18.2 Å². The maximum Gasteiger partial charge on any atom is 0.250 e. The van der Waals surface area contributed by atoms with E-state index in [4.69, 9.17) is 9.47 Å². The van der Waals surface area contributed by atoms with Crippen LogP contribution in [0.25, 0.3) is 0 Å². The normalized spacial score (nSPS) is 24.4. The molecule has 148 valence electrons. The molecule has 0 N–H and O–H groups in total. The fourth-order valence-electron chi connectivity index (χ4n) is 3.95. The van der Waals surface area contributed by atoms with Gasteiger partial charge in [-0.3, -0.25) is 19.4 Å². The number of hydrogen-bond donors (Lipinski definition) is 0. The van der Waals surface area contributed by atoms with Gasteiger partial charge in [0.1, 0.15) is 12.2 Å². The van der Waals surface area contributed by atoms with Crippen molar-refractivity contribution in [1.82, 2.24) is 19.8 Å². The van der Waals surface area contributed by atoms with Crippen molar-refractivity contribution in [1.29, 1.82) is 0 Å². The summed E-state index contributed by atoms with van der Waals surface area (Å²) in [5, 5.41) is 3.02. The molecule has 3 amide bonds. The quantitative estimate of drug-likeness (QED) is 0.542. The smallest absolute Gasteiger partial charge is 0.250 e. The van der Waals surface area contributed by atoms with Crippen LogP contribution in [0.4, 0.5) is 0 Å². The topological polar surface area (TPSA) is 82.6 Å². The maximum absolute atomic E-state index is 13.2. The lowest BCUT2D eigenvalue weighted by atomic mass is 10.0. The van der Waals surface area contributed by atoms with Gasteiger partial charge in [0.15, 0.2) is 11.5 Å². The van der Waals surface area contributed by atoms with Gasteiger partial charge in [-0.2, -0.15) is 0 Å². The maximum atomic E-state index is 13.2. The van der Waals surface area contributed by atoms with Gasteiger partial charge < -0.3 is 19.3 Å². The lowest BCUT2D eigenvalue weighted by Crippen LogP contribution is -2.74. The molecule has 1 aromatic rings. The molecule has 2 saturated heterocycles. The fourth-order valence-corrected chi connectivity index (χ4v) is 3.95. The first-order chi connectivity index (χ1) is 13.4. The Kier molecular flexibility index (Phi) is 4.46. The Bertz CT molecular complexity index is 857. The highest BCUT2D eigenvalue weighted by molar-refractivity contribution is 5.92. The number of likely N-dealkylation sites (N-methyl/N-ethyl adjacent to an activating group) is 1. The van der Waals surface area contributed by atoms with Crippen molar-refractivity contribution in [3.05, 3.63) is 35.9 Å². The summed E-state index contributed by atoms with van der Waals surface area (Å²) in [5.74, 6) is 0.910. The van der Waals surface area contributed by atoms with Gasteiger partial charge in [-0.1, -0.05) is 12.6 Å². The highest BCUT2D eigenvalue weighted by atomic mass is 16.7. The van der Waals surface area contributed by atoms with E-state index in [0.717, 1.165) is 5.56 Å². The molecule has 0 radical (unpaired) electrons. The number of benzene rings is 1. The van der Waals surface area contributed by atoms with Gasteiger partial charge in [-0.25, -0.2) is 5.01 Å². The molecule has 4 rings (SSSR count). The molecule has 3 heterocycles. The van der Waals surface area contributed by atoms with Gasteiger partial charge in [0, 0.05) is 13.6 Å². The number of carbonyl (C=O) groups excluding carboxylic acids is 3. The molecule has 0 bridgehead atoms. The average Bonchev–Trinajstić information content (AvgIpc) is 3.10. The Hall–Kier alpha value is -3.07. The SMILES string of the molecule is C=C(C)[C@H]1C(=O)N(Cc2ccc3c(c2)OCO3)CC2N1C(=O)CN(C)N2C=O. The first-order valence-corrected chi connectivity index (χ1v) is 8.99. The number of hydrogen-bond acceptors (Lipinski definition) is 6.